The van der Waals surface area contributed by atoms with Gasteiger partial charge in [-0.15, -0.1) is 0 Å². The van der Waals surface area contributed by atoms with E-state index in [1.165, 1.54) is 250 Å². The summed E-state index contributed by atoms with van der Waals surface area (Å²) in [6, 6.07) is 112. The van der Waals surface area contributed by atoms with Gasteiger partial charge in [-0.25, -0.2) is 0 Å². The monoisotopic (exact) mass is 1700 g/mol. The maximum Gasteiger partial charge on any atom is 0.115 e. The number of rotatable bonds is 29. The van der Waals surface area contributed by atoms with E-state index in [0.717, 1.165) is 55.6 Å². The van der Waals surface area contributed by atoms with Crippen LogP contribution in [0.15, 0.2) is 315 Å². The van der Waals surface area contributed by atoms with Gasteiger partial charge < -0.3 is 40.4 Å². The number of likely N-dealkylation sites (tertiary alicyclic amines) is 2. The number of phenolic OH excluding ortho intramolecular Hbond substituents is 2. The summed E-state index contributed by atoms with van der Waals surface area (Å²) in [6.45, 7) is 14.3. The van der Waals surface area contributed by atoms with Gasteiger partial charge in [-0.05, 0) is 345 Å². The van der Waals surface area contributed by atoms with E-state index in [1.807, 2.05) is 36.4 Å². The third-order valence-corrected chi connectivity index (χ3v) is 26.9. The van der Waals surface area contributed by atoms with Crippen LogP contribution >= 0.6 is 0 Å². The summed E-state index contributed by atoms with van der Waals surface area (Å²) in [7, 11) is 2.22. The van der Waals surface area contributed by atoms with Crippen LogP contribution in [0.3, 0.4) is 0 Å². The standard InChI is InChI=1S/C31H37NO2.C30H35NO.C30H34O.C29H32O2/c1-23(2)32-20-18-25(19-21-32)24-10-12-27(13-11-24)31(28-14-16-29(34)17-15-28)30(9-6-22-33)26-7-4-3-5-8-26;1-23-10-12-27(13-11-23)30(29(9-6-22-32)26-7-4-3-5-8-26)28-16-14-24(15-17-28)25-18-20-31(2)21-19-25;1-23-14-16-27(17-15-23)30(29(13-8-22-31)26-11-6-3-7-12-26)28-20-18-25(19-21-28)24-9-4-2-5-10-24;30-21-7-12-28(24-10-5-2-6-11-24)29(26-17-19-27(31)20-18-26)25-15-13-23(14-16-25)22-8-3-1-4-9-22/h3-5,7-8,10-17,23,25,33-34H,6,9,18-22H2,1-2H3;3-5,7-8,10-17,25,32H,6,9,18-22H2,1-2H3;3,6-7,11-12,14-21,24,31H,2,4-5,8-10,13,22H2,1H3;2,5-6,10-11,13-20,22,30-31H,1,3-4,7-9,12,21H2/b31-30+;2*30-29-;29-28+. The second-order valence-corrected chi connectivity index (χ2v) is 36.2. The van der Waals surface area contributed by atoms with Gasteiger partial charge in [0.25, 0.3) is 0 Å². The van der Waals surface area contributed by atoms with Gasteiger partial charge in [-0.3, -0.25) is 0 Å². The Labute approximate surface area is 765 Å². The van der Waals surface area contributed by atoms with Crippen molar-refractivity contribution in [2.24, 2.45) is 0 Å². The van der Waals surface area contributed by atoms with Crippen LogP contribution in [0.1, 0.15) is 279 Å². The van der Waals surface area contributed by atoms with Crippen molar-refractivity contribution in [1.82, 2.24) is 9.80 Å². The molecule has 0 spiro atoms. The van der Waals surface area contributed by atoms with E-state index >= 15 is 0 Å². The first kappa shape index (κ1) is 94.6. The molecule has 2 saturated heterocycles. The van der Waals surface area contributed by atoms with Crippen LogP contribution in [0.5, 0.6) is 11.5 Å². The van der Waals surface area contributed by atoms with E-state index in [2.05, 4.69) is 299 Å². The molecule has 128 heavy (non-hydrogen) atoms. The first-order valence-corrected chi connectivity index (χ1v) is 47.9. The minimum atomic E-state index is 0.160. The van der Waals surface area contributed by atoms with Crippen molar-refractivity contribution >= 4 is 44.6 Å². The average molecular weight is 1700 g/mol. The Balaban J connectivity index is 0.000000146. The summed E-state index contributed by atoms with van der Waals surface area (Å²) in [5, 5.41) is 58.0. The smallest absolute Gasteiger partial charge is 0.115 e. The van der Waals surface area contributed by atoms with Crippen molar-refractivity contribution in [3.05, 3.63) is 416 Å². The summed E-state index contributed by atoms with van der Waals surface area (Å²) >= 11 is 0. The number of allylic oxidation sites excluding steroid dienone is 4. The van der Waals surface area contributed by atoms with Crippen LogP contribution in [0.2, 0.25) is 0 Å². The SMILES string of the molecule is CC(C)N1CCC(c2ccc(/C(=C(/CCCO)c3ccccc3)c3ccc(O)cc3)cc2)CC1.Cc1ccc(/C(=C(\CCCO)c2ccccc2)c2ccc(C3CCCCC3)cc2)cc1.Cc1ccc(/C(=C(\CCCO)c2ccccc2)c2ccc(C3CCN(C)CC3)cc2)cc1.OCCC/C(=C(\c1ccc(O)cc1)c1ccc(C2CCCCC2)cc1)c1ccccc1. The second-order valence-electron chi connectivity index (χ2n) is 36.2. The lowest BCUT2D eigenvalue weighted by atomic mass is 9.82. The van der Waals surface area contributed by atoms with Crippen molar-refractivity contribution in [3.63, 3.8) is 0 Å². The molecule has 4 aliphatic rings. The third kappa shape index (κ3) is 26.6. The molecule has 2 heterocycles. The fourth-order valence-electron chi connectivity index (χ4n) is 19.6. The van der Waals surface area contributed by atoms with E-state index in [-0.39, 0.29) is 37.9 Å². The van der Waals surface area contributed by atoms with E-state index in [4.69, 9.17) is 0 Å². The molecule has 0 amide bonds. The number of hydrogen-bond donors (Lipinski definition) is 6. The summed E-state index contributed by atoms with van der Waals surface area (Å²) in [5.74, 6) is 3.22. The van der Waals surface area contributed by atoms with Crippen molar-refractivity contribution in [2.75, 3.05) is 59.7 Å². The Hall–Kier alpha value is -11.0. The molecule has 8 heteroatoms. The fraction of sp³-hybridized carbons (Fsp3) is 0.333. The van der Waals surface area contributed by atoms with Gasteiger partial charge in [0.1, 0.15) is 11.5 Å². The molecule has 6 N–H and O–H groups in total. The predicted octanol–water partition coefficient (Wildman–Crippen LogP) is 28.2. The molecule has 16 rings (SSSR count). The third-order valence-electron chi connectivity index (χ3n) is 26.9. The van der Waals surface area contributed by atoms with E-state index in [9.17, 15) is 30.6 Å². The van der Waals surface area contributed by atoms with E-state index in [1.54, 1.807) is 24.3 Å². The molecule has 0 bridgehead atoms. The predicted molar refractivity (Wildman–Crippen MR) is 539 cm³/mol. The molecule has 12 aromatic rings. The van der Waals surface area contributed by atoms with E-state index in [0.29, 0.717) is 36.6 Å². The lowest BCUT2D eigenvalue weighted by molar-refractivity contribution is 0.172. The number of aliphatic hydroxyl groups is 4. The molecule has 4 fully saturated rings. The molecule has 12 aromatic carbocycles. The van der Waals surface area contributed by atoms with Gasteiger partial charge in [-0.2, -0.15) is 0 Å². The highest BCUT2D eigenvalue weighted by atomic mass is 16.3. The number of phenols is 2. The van der Waals surface area contributed by atoms with Crippen LogP contribution in [0.4, 0.5) is 0 Å². The van der Waals surface area contributed by atoms with Crippen molar-refractivity contribution in [1.29, 1.82) is 0 Å². The number of aryl methyl sites for hydroxylation is 2. The molecular formula is C120H138N2O6. The number of hydrogen-bond acceptors (Lipinski definition) is 8. The van der Waals surface area contributed by atoms with Gasteiger partial charge in [0, 0.05) is 32.5 Å². The number of aliphatic hydroxyl groups excluding tert-OH is 4. The van der Waals surface area contributed by atoms with Crippen LogP contribution in [-0.4, -0.2) is 106 Å². The molecular weight excluding hydrogens is 1570 g/mol. The Morgan fingerprint density at radius 1 is 0.258 bits per heavy atom. The summed E-state index contributed by atoms with van der Waals surface area (Å²) in [5.41, 5.74) is 32.7. The average Bonchev–Trinajstić information content (AvgIpc) is 0.809. The van der Waals surface area contributed by atoms with Gasteiger partial charge >= 0.3 is 0 Å². The maximum atomic E-state index is 9.89. The zero-order valence-electron chi connectivity index (χ0n) is 76.7. The molecule has 8 nitrogen and oxygen atoms in total. The first-order valence-electron chi connectivity index (χ1n) is 47.9. The highest BCUT2D eigenvalue weighted by Gasteiger charge is 2.27. The molecule has 2 saturated carbocycles. The molecule has 664 valence electrons. The number of aromatic hydroxyl groups is 2. The first-order chi connectivity index (χ1) is 62.7. The van der Waals surface area contributed by atoms with Crippen LogP contribution < -0.4 is 0 Å². The minimum Gasteiger partial charge on any atom is -0.508 e. The Morgan fingerprint density at radius 2 is 0.469 bits per heavy atom. The highest BCUT2D eigenvalue weighted by molar-refractivity contribution is 6.02. The van der Waals surface area contributed by atoms with Crippen LogP contribution in [0.25, 0.3) is 44.6 Å². The topological polar surface area (TPSA) is 128 Å². The summed E-state index contributed by atoms with van der Waals surface area (Å²) < 4.78 is 0. The summed E-state index contributed by atoms with van der Waals surface area (Å²) in [6.07, 6.45) is 24.5. The van der Waals surface area contributed by atoms with Crippen molar-refractivity contribution in [2.45, 2.75) is 199 Å². The molecule has 0 radical (unpaired) electrons. The molecule has 2 aliphatic carbocycles. The number of benzene rings is 12. The largest absolute Gasteiger partial charge is 0.508 e. The zero-order valence-corrected chi connectivity index (χ0v) is 76.7. The lowest BCUT2D eigenvalue weighted by Gasteiger charge is -2.34. The molecule has 0 unspecified atom stereocenters. The maximum absolute atomic E-state index is 9.89. The Morgan fingerprint density at radius 3 is 0.695 bits per heavy atom. The van der Waals surface area contributed by atoms with Crippen molar-refractivity contribution in [3.8, 4) is 11.5 Å². The van der Waals surface area contributed by atoms with Gasteiger partial charge in [0.05, 0.1) is 0 Å². The normalized spacial score (nSPS) is 15.8. The molecule has 2 aliphatic heterocycles. The number of piperidine rings is 2. The molecule has 0 atom stereocenters. The fourth-order valence-corrected chi connectivity index (χ4v) is 19.6. The Bertz CT molecular complexity index is 5240. The lowest BCUT2D eigenvalue weighted by Crippen LogP contribution is -2.37. The van der Waals surface area contributed by atoms with Gasteiger partial charge in [-0.1, -0.05) is 341 Å². The summed E-state index contributed by atoms with van der Waals surface area (Å²) in [4.78, 5) is 5.00. The van der Waals surface area contributed by atoms with Crippen LogP contribution in [-0.2, 0) is 0 Å². The van der Waals surface area contributed by atoms with Gasteiger partial charge in [0.2, 0.25) is 0 Å². The molecule has 0 aromatic heterocycles. The quantitative estimate of drug-likeness (QED) is 0.0256. The number of nitrogens with zero attached hydrogens (tertiary/aromatic N) is 2. The zero-order chi connectivity index (χ0) is 89.2. The Kier molecular flexibility index (Phi) is 36.6. The van der Waals surface area contributed by atoms with Crippen molar-refractivity contribution < 1.29 is 30.6 Å². The van der Waals surface area contributed by atoms with Crippen LogP contribution in [0, 0.1) is 13.8 Å². The highest BCUT2D eigenvalue weighted by Crippen LogP contribution is 2.44. The minimum absolute atomic E-state index is 0.160. The second kappa shape index (κ2) is 49.5. The van der Waals surface area contributed by atoms with Gasteiger partial charge in [0.15, 0.2) is 0 Å². The van der Waals surface area contributed by atoms with E-state index < -0.39 is 0 Å².